The zero-order chi connectivity index (χ0) is 27.6. The van der Waals surface area contributed by atoms with Gasteiger partial charge >= 0.3 is 0 Å². The molecule has 0 saturated heterocycles. The number of allylic oxidation sites excluding steroid dienone is 6. The molecule has 0 aromatic heterocycles. The van der Waals surface area contributed by atoms with Crippen molar-refractivity contribution in [3.63, 3.8) is 0 Å². The molecule has 0 unspecified atom stereocenters. The van der Waals surface area contributed by atoms with Gasteiger partial charge in [-0.15, -0.1) is 0 Å². The average molecular weight is 499 g/mol. The molecule has 0 bridgehead atoms. The molecule has 0 atom stereocenters. The van der Waals surface area contributed by atoms with Gasteiger partial charge in [-0.1, -0.05) is 12.1 Å². The first-order valence-corrected chi connectivity index (χ1v) is 10.9. The van der Waals surface area contributed by atoms with Crippen LogP contribution in [0, 0.1) is 81.0 Å². The van der Waals surface area contributed by atoms with E-state index < -0.39 is 17.5 Å². The Morgan fingerprint density at radius 1 is 0.526 bits per heavy atom. The lowest BCUT2D eigenvalue weighted by Crippen LogP contribution is -1.91. The van der Waals surface area contributed by atoms with Crippen LogP contribution in [0.5, 0.6) is 0 Å². The van der Waals surface area contributed by atoms with Crippen molar-refractivity contribution in [2.24, 2.45) is 0 Å². The summed E-state index contributed by atoms with van der Waals surface area (Å²) in [7, 11) is 0. The molecule has 178 valence electrons. The highest BCUT2D eigenvalue weighted by atomic mass is 19.1. The Labute approximate surface area is 215 Å². The molecule has 1 aliphatic carbocycles. The zero-order valence-corrected chi connectivity index (χ0v) is 19.6. The van der Waals surface area contributed by atoms with Crippen LogP contribution in [0.4, 0.5) is 13.2 Å². The van der Waals surface area contributed by atoms with Gasteiger partial charge in [-0.05, 0) is 55.0 Å². The maximum atomic E-state index is 14.9. The van der Waals surface area contributed by atoms with E-state index in [-0.39, 0.29) is 61.3 Å². The third-order valence-corrected chi connectivity index (χ3v) is 5.90. The minimum Gasteiger partial charge on any atom is -0.206 e. The van der Waals surface area contributed by atoms with Crippen LogP contribution in [0.1, 0.15) is 33.4 Å². The summed E-state index contributed by atoms with van der Waals surface area (Å²) in [5.41, 5.74) is -0.769. The van der Waals surface area contributed by atoms with E-state index in [1.807, 2.05) is 18.2 Å². The molecule has 1 fully saturated rings. The monoisotopic (exact) mass is 499 g/mol. The van der Waals surface area contributed by atoms with Gasteiger partial charge in [-0.3, -0.25) is 0 Å². The highest BCUT2D eigenvalue weighted by Gasteiger charge is 2.42. The van der Waals surface area contributed by atoms with Crippen LogP contribution in [-0.4, -0.2) is 0 Å². The second-order valence-electron chi connectivity index (χ2n) is 8.18. The van der Waals surface area contributed by atoms with Crippen LogP contribution in [-0.2, 0) is 0 Å². The molecular formula is C30H12F3N5. The van der Waals surface area contributed by atoms with Crippen molar-refractivity contribution in [1.29, 1.82) is 26.3 Å². The molecule has 0 aliphatic heterocycles. The number of hydrogen-bond donors (Lipinski definition) is 0. The molecule has 1 aliphatic rings. The lowest BCUT2D eigenvalue weighted by atomic mass is 10.0. The topological polar surface area (TPSA) is 119 Å². The first-order valence-electron chi connectivity index (χ1n) is 10.9. The predicted octanol–water partition coefficient (Wildman–Crippen LogP) is 6.40. The van der Waals surface area contributed by atoms with Crippen LogP contribution in [0.2, 0.25) is 0 Å². The number of rotatable bonds is 3. The van der Waals surface area contributed by atoms with Gasteiger partial charge in [0, 0.05) is 33.4 Å². The Bertz CT molecular complexity index is 1760. The van der Waals surface area contributed by atoms with Crippen molar-refractivity contribution in [2.45, 2.75) is 6.92 Å². The third-order valence-electron chi connectivity index (χ3n) is 5.90. The number of benzene rings is 3. The summed E-state index contributed by atoms with van der Waals surface area (Å²) in [5.74, 6) is -2.53. The molecule has 3 aromatic carbocycles. The van der Waals surface area contributed by atoms with E-state index in [1.54, 1.807) is 25.1 Å². The zero-order valence-electron chi connectivity index (χ0n) is 19.6. The largest absolute Gasteiger partial charge is 0.206 e. The third kappa shape index (κ3) is 4.29. The number of halogens is 3. The Balaban J connectivity index is 2.14. The maximum Gasteiger partial charge on any atom is 0.133 e. The molecule has 3 aromatic rings. The van der Waals surface area contributed by atoms with Gasteiger partial charge in [0.1, 0.15) is 35.7 Å². The summed E-state index contributed by atoms with van der Waals surface area (Å²) in [6.45, 7) is 1.66. The summed E-state index contributed by atoms with van der Waals surface area (Å²) in [4.78, 5) is 0. The maximum absolute atomic E-state index is 14.9. The molecule has 5 nitrogen and oxygen atoms in total. The second kappa shape index (κ2) is 10.0. The molecule has 1 saturated carbocycles. The summed E-state index contributed by atoms with van der Waals surface area (Å²) in [6, 6.07) is 20.2. The average Bonchev–Trinajstić information content (AvgIpc) is 3.62. The summed E-state index contributed by atoms with van der Waals surface area (Å²) in [5, 5.41) is 48.1. The molecular weight excluding hydrogens is 487 g/mol. The molecule has 8 heteroatoms. The second-order valence-corrected chi connectivity index (χ2v) is 8.18. The SMILES string of the molecule is Cc1ccc(/C(C#N)=C2/C(=C(C#N)c3ccc(C#N)cc3F)/C2=C(/C#N)c2ccc(C#N)cc2F)c(F)c1. The van der Waals surface area contributed by atoms with Crippen molar-refractivity contribution >= 4 is 16.7 Å². The minimum absolute atomic E-state index is 0.00382. The summed E-state index contributed by atoms with van der Waals surface area (Å²) in [6.07, 6.45) is 0. The van der Waals surface area contributed by atoms with E-state index in [9.17, 15) is 29.0 Å². The minimum atomic E-state index is -0.901. The molecule has 0 radical (unpaired) electrons. The molecule has 0 spiro atoms. The van der Waals surface area contributed by atoms with Crippen molar-refractivity contribution in [1.82, 2.24) is 0 Å². The lowest BCUT2D eigenvalue weighted by Gasteiger charge is -2.02. The molecule has 4 rings (SSSR count). The molecule has 38 heavy (non-hydrogen) atoms. The fraction of sp³-hybridized carbons (Fsp3) is 0.0333. The summed E-state index contributed by atoms with van der Waals surface area (Å²) >= 11 is 0. The van der Waals surface area contributed by atoms with E-state index in [0.717, 1.165) is 12.1 Å². The van der Waals surface area contributed by atoms with Gasteiger partial charge in [-0.2, -0.15) is 26.3 Å². The van der Waals surface area contributed by atoms with Crippen LogP contribution in [0.15, 0.2) is 71.3 Å². The van der Waals surface area contributed by atoms with E-state index in [1.165, 1.54) is 36.4 Å². The smallest absolute Gasteiger partial charge is 0.133 e. The van der Waals surface area contributed by atoms with Gasteiger partial charge < -0.3 is 0 Å². The quantitative estimate of drug-likeness (QED) is 0.386. The molecule has 0 amide bonds. The fourth-order valence-corrected chi connectivity index (χ4v) is 4.09. The van der Waals surface area contributed by atoms with Crippen molar-refractivity contribution in [2.75, 3.05) is 0 Å². The number of aryl methyl sites for hydroxylation is 1. The van der Waals surface area contributed by atoms with Gasteiger partial charge in [-0.25, -0.2) is 13.2 Å². The van der Waals surface area contributed by atoms with Gasteiger partial charge in [0.25, 0.3) is 0 Å². The van der Waals surface area contributed by atoms with Crippen LogP contribution in [0.3, 0.4) is 0 Å². The Morgan fingerprint density at radius 2 is 0.868 bits per heavy atom. The van der Waals surface area contributed by atoms with Gasteiger partial charge in [0.15, 0.2) is 0 Å². The number of nitrogens with zero attached hydrogens (tertiary/aromatic N) is 5. The first-order chi connectivity index (χ1) is 18.3. The standard InChI is InChI=1S/C30H12F3N5/c1-16-2-5-19(25(31)8-16)22(13-36)28-29(23(14-37)20-6-3-17(11-34)9-26(20)32)30(28)24(15-38)21-7-4-18(12-35)10-27(21)33/h2-10H,1H3/b28-22-,29-23?,30-24-. The molecule has 0 heterocycles. The normalized spacial score (nSPS) is 15.7. The lowest BCUT2D eigenvalue weighted by molar-refractivity contribution is 0.623. The fourth-order valence-electron chi connectivity index (χ4n) is 4.09. The highest BCUT2D eigenvalue weighted by Crippen LogP contribution is 2.56. The van der Waals surface area contributed by atoms with E-state index >= 15 is 0 Å². The first kappa shape index (κ1) is 25.2. The Morgan fingerprint density at radius 3 is 1.16 bits per heavy atom. The highest BCUT2D eigenvalue weighted by molar-refractivity contribution is 6.12. The predicted molar refractivity (Wildman–Crippen MR) is 131 cm³/mol. The Kier molecular flexibility index (Phi) is 6.64. The van der Waals surface area contributed by atoms with Gasteiger partial charge in [0.05, 0.1) is 40.0 Å². The van der Waals surface area contributed by atoms with E-state index in [0.29, 0.717) is 5.56 Å². The van der Waals surface area contributed by atoms with Crippen molar-refractivity contribution < 1.29 is 13.2 Å². The number of nitriles is 5. The van der Waals surface area contributed by atoms with Gasteiger partial charge in [0.2, 0.25) is 0 Å². The van der Waals surface area contributed by atoms with Crippen LogP contribution >= 0.6 is 0 Å². The summed E-state index contributed by atoms with van der Waals surface area (Å²) < 4.78 is 44.8. The van der Waals surface area contributed by atoms with E-state index in [2.05, 4.69) is 0 Å². The van der Waals surface area contributed by atoms with Crippen molar-refractivity contribution in [3.8, 4) is 30.3 Å². The Hall–Kier alpha value is -5.88. The number of hydrogen-bond acceptors (Lipinski definition) is 5. The van der Waals surface area contributed by atoms with E-state index in [4.69, 9.17) is 10.5 Å². The van der Waals surface area contributed by atoms with Crippen molar-refractivity contribution in [3.05, 3.63) is 122 Å². The van der Waals surface area contributed by atoms with Crippen LogP contribution in [0.25, 0.3) is 16.7 Å². The van der Waals surface area contributed by atoms with Crippen LogP contribution < -0.4 is 0 Å². The molecule has 0 N–H and O–H groups in total.